The molecule has 7 heteroatoms. The Kier molecular flexibility index (Phi) is 2.97. The normalized spacial score (nSPS) is 16.3. The van der Waals surface area contributed by atoms with Crippen LogP contribution in [0.15, 0.2) is 48.8 Å². The molecular weight excluding hydrogens is 296 g/mol. The summed E-state index contributed by atoms with van der Waals surface area (Å²) in [7, 11) is 0. The second-order valence-electron chi connectivity index (χ2n) is 5.13. The van der Waals surface area contributed by atoms with Crippen molar-refractivity contribution in [3.8, 4) is 17.2 Å². The van der Waals surface area contributed by atoms with Crippen molar-refractivity contribution in [1.29, 1.82) is 0 Å². The second kappa shape index (κ2) is 5.13. The molecule has 1 unspecified atom stereocenters. The molecule has 1 atom stereocenters. The van der Waals surface area contributed by atoms with E-state index in [0.717, 1.165) is 16.7 Å². The molecule has 1 aliphatic heterocycles. The topological polar surface area (TPSA) is 93.3 Å². The van der Waals surface area contributed by atoms with E-state index in [0.29, 0.717) is 5.75 Å². The molecule has 3 aromatic rings. The molecular formula is C16H12N4O3. The number of aromatic hydroxyl groups is 2. The number of rotatable bonds is 2. The molecule has 0 radical (unpaired) electrons. The third kappa shape index (κ3) is 2.38. The first-order chi connectivity index (χ1) is 11.2. The van der Waals surface area contributed by atoms with Crippen LogP contribution in [0.2, 0.25) is 0 Å². The third-order valence-corrected chi connectivity index (χ3v) is 3.62. The lowest BCUT2D eigenvalue weighted by Gasteiger charge is -2.27. The molecule has 114 valence electrons. The Morgan fingerprint density at radius 2 is 1.78 bits per heavy atom. The summed E-state index contributed by atoms with van der Waals surface area (Å²) in [6, 6.07) is 11.8. The Bertz CT molecular complexity index is 873. The molecule has 0 aliphatic carbocycles. The average Bonchev–Trinajstić information content (AvgIpc) is 3.09. The van der Waals surface area contributed by atoms with Gasteiger partial charge in [0.15, 0.2) is 0 Å². The number of hydrogen-bond donors (Lipinski definition) is 2. The Morgan fingerprint density at radius 1 is 1.00 bits per heavy atom. The fraction of sp³-hybridized carbons (Fsp3) is 0.0625. The number of phenols is 2. The lowest BCUT2D eigenvalue weighted by atomic mass is 9.98. The predicted molar refractivity (Wildman–Crippen MR) is 81.6 cm³/mol. The van der Waals surface area contributed by atoms with Gasteiger partial charge in [-0.1, -0.05) is 12.1 Å². The fourth-order valence-corrected chi connectivity index (χ4v) is 2.52. The number of tetrazole rings is 1. The first-order valence-electron chi connectivity index (χ1n) is 6.94. The summed E-state index contributed by atoms with van der Waals surface area (Å²) in [5.41, 5.74) is 2.56. The van der Waals surface area contributed by atoms with E-state index in [1.165, 1.54) is 11.0 Å². The maximum atomic E-state index is 9.64. The van der Waals surface area contributed by atoms with Gasteiger partial charge in [-0.3, -0.25) is 0 Å². The van der Waals surface area contributed by atoms with Crippen LogP contribution in [0.3, 0.4) is 0 Å². The molecule has 2 N–H and O–H groups in total. The van der Waals surface area contributed by atoms with Crippen LogP contribution in [0.4, 0.5) is 0 Å². The zero-order chi connectivity index (χ0) is 15.8. The number of fused-ring (bicyclic) bond motifs is 1. The SMILES string of the molecule is Oc1ccc(C2=Cc3ccc(O)cc3OC2n2cnnn2)cc1. The van der Waals surface area contributed by atoms with E-state index in [4.69, 9.17) is 4.74 Å². The standard InChI is InChI=1S/C16H12N4O3/c21-12-4-1-10(2-5-12)14-7-11-3-6-13(22)8-15(11)23-16(14)20-9-17-18-19-20/h1-9,16,21-22H. The van der Waals surface area contributed by atoms with Gasteiger partial charge in [0.1, 0.15) is 23.6 Å². The lowest BCUT2D eigenvalue weighted by Crippen LogP contribution is -2.21. The van der Waals surface area contributed by atoms with Gasteiger partial charge in [-0.05, 0) is 46.3 Å². The van der Waals surface area contributed by atoms with Crippen LogP contribution in [-0.4, -0.2) is 30.4 Å². The molecule has 4 rings (SSSR count). The number of hydrogen-bond acceptors (Lipinski definition) is 6. The molecule has 0 spiro atoms. The van der Waals surface area contributed by atoms with Crippen LogP contribution in [0.1, 0.15) is 17.4 Å². The second-order valence-corrected chi connectivity index (χ2v) is 5.13. The quantitative estimate of drug-likeness (QED) is 0.754. The summed E-state index contributed by atoms with van der Waals surface area (Å²) < 4.78 is 7.48. The molecule has 0 fully saturated rings. The first kappa shape index (κ1) is 13.3. The Morgan fingerprint density at radius 3 is 2.52 bits per heavy atom. The molecule has 23 heavy (non-hydrogen) atoms. The summed E-state index contributed by atoms with van der Waals surface area (Å²) in [5, 5.41) is 30.3. The van der Waals surface area contributed by atoms with Crippen LogP contribution < -0.4 is 4.74 Å². The molecule has 0 bridgehead atoms. The first-order valence-corrected chi connectivity index (χ1v) is 6.94. The summed E-state index contributed by atoms with van der Waals surface area (Å²) in [6.45, 7) is 0. The van der Waals surface area contributed by atoms with Crippen LogP contribution >= 0.6 is 0 Å². The van der Waals surface area contributed by atoms with Gasteiger partial charge >= 0.3 is 0 Å². The van der Waals surface area contributed by atoms with Gasteiger partial charge < -0.3 is 14.9 Å². The smallest absolute Gasteiger partial charge is 0.221 e. The van der Waals surface area contributed by atoms with Crippen LogP contribution in [-0.2, 0) is 0 Å². The lowest BCUT2D eigenvalue weighted by molar-refractivity contribution is 0.171. The van der Waals surface area contributed by atoms with Gasteiger partial charge in [-0.25, -0.2) is 0 Å². The highest BCUT2D eigenvalue weighted by atomic mass is 16.5. The molecule has 0 saturated carbocycles. The molecule has 1 aromatic heterocycles. The van der Waals surface area contributed by atoms with E-state index in [1.54, 1.807) is 42.5 Å². The minimum Gasteiger partial charge on any atom is -0.508 e. The van der Waals surface area contributed by atoms with Gasteiger partial charge in [0.05, 0.1) is 0 Å². The van der Waals surface area contributed by atoms with Crippen molar-refractivity contribution in [2.45, 2.75) is 6.23 Å². The minimum absolute atomic E-state index is 0.126. The van der Waals surface area contributed by atoms with Crippen molar-refractivity contribution in [2.24, 2.45) is 0 Å². The predicted octanol–water partition coefficient (Wildman–Crippen LogP) is 2.22. The zero-order valence-corrected chi connectivity index (χ0v) is 11.9. The van der Waals surface area contributed by atoms with Crippen molar-refractivity contribution in [2.75, 3.05) is 0 Å². The van der Waals surface area contributed by atoms with Gasteiger partial charge in [0.2, 0.25) is 6.23 Å². The molecule has 7 nitrogen and oxygen atoms in total. The van der Waals surface area contributed by atoms with Crippen molar-refractivity contribution in [3.05, 3.63) is 59.9 Å². The summed E-state index contributed by atoms with van der Waals surface area (Å²) in [6.07, 6.45) is 2.85. The van der Waals surface area contributed by atoms with E-state index in [1.807, 2.05) is 6.08 Å². The van der Waals surface area contributed by atoms with Crippen molar-refractivity contribution in [1.82, 2.24) is 20.2 Å². The molecule has 2 heterocycles. The largest absolute Gasteiger partial charge is 0.508 e. The molecule has 2 aromatic carbocycles. The maximum absolute atomic E-state index is 9.64. The number of phenolic OH excluding ortho intramolecular Hbond substituents is 2. The highest BCUT2D eigenvalue weighted by Gasteiger charge is 2.26. The molecule has 1 aliphatic rings. The Labute approximate surface area is 131 Å². The third-order valence-electron chi connectivity index (χ3n) is 3.62. The molecule has 0 saturated heterocycles. The van der Waals surface area contributed by atoms with Crippen LogP contribution in [0, 0.1) is 0 Å². The van der Waals surface area contributed by atoms with Crippen LogP contribution in [0.5, 0.6) is 17.2 Å². The van der Waals surface area contributed by atoms with Gasteiger partial charge in [-0.2, -0.15) is 4.68 Å². The van der Waals surface area contributed by atoms with E-state index >= 15 is 0 Å². The molecule has 0 amide bonds. The Balaban J connectivity index is 1.86. The Hall–Kier alpha value is -3.35. The number of benzene rings is 2. The highest BCUT2D eigenvalue weighted by molar-refractivity contribution is 5.86. The van der Waals surface area contributed by atoms with E-state index in [2.05, 4.69) is 15.5 Å². The van der Waals surface area contributed by atoms with E-state index < -0.39 is 6.23 Å². The minimum atomic E-state index is -0.566. The van der Waals surface area contributed by atoms with Crippen LogP contribution in [0.25, 0.3) is 11.6 Å². The number of nitrogens with zero attached hydrogens (tertiary/aromatic N) is 4. The average molecular weight is 308 g/mol. The fourth-order valence-electron chi connectivity index (χ4n) is 2.52. The van der Waals surface area contributed by atoms with Crippen molar-refractivity contribution in [3.63, 3.8) is 0 Å². The maximum Gasteiger partial charge on any atom is 0.221 e. The van der Waals surface area contributed by atoms with Gasteiger partial charge in [-0.15, -0.1) is 5.10 Å². The van der Waals surface area contributed by atoms with Crippen molar-refractivity contribution >= 4 is 11.6 Å². The zero-order valence-electron chi connectivity index (χ0n) is 11.9. The van der Waals surface area contributed by atoms with E-state index in [9.17, 15) is 10.2 Å². The number of aromatic nitrogens is 4. The summed E-state index contributed by atoms with van der Waals surface area (Å²) in [5.74, 6) is 0.865. The highest BCUT2D eigenvalue weighted by Crippen LogP contribution is 2.40. The number of ether oxygens (including phenoxy) is 1. The monoisotopic (exact) mass is 308 g/mol. The summed E-state index contributed by atoms with van der Waals surface area (Å²) in [4.78, 5) is 0. The van der Waals surface area contributed by atoms with Gasteiger partial charge in [0.25, 0.3) is 0 Å². The summed E-state index contributed by atoms with van der Waals surface area (Å²) >= 11 is 0. The van der Waals surface area contributed by atoms with Gasteiger partial charge in [0, 0.05) is 17.2 Å². The van der Waals surface area contributed by atoms with Crippen molar-refractivity contribution < 1.29 is 14.9 Å². The van der Waals surface area contributed by atoms with E-state index in [-0.39, 0.29) is 11.5 Å².